The predicted molar refractivity (Wildman–Crippen MR) is 145 cm³/mol. The van der Waals surface area contributed by atoms with E-state index < -0.39 is 64.4 Å². The first kappa shape index (κ1) is 28.4. The van der Waals surface area contributed by atoms with Crippen molar-refractivity contribution in [2.45, 2.75) is 31.0 Å². The van der Waals surface area contributed by atoms with Crippen molar-refractivity contribution in [1.29, 1.82) is 0 Å². The lowest BCUT2D eigenvalue weighted by Crippen LogP contribution is -2.74. The van der Waals surface area contributed by atoms with E-state index in [1.807, 2.05) is 6.07 Å². The van der Waals surface area contributed by atoms with Gasteiger partial charge in [0, 0.05) is 24.6 Å². The van der Waals surface area contributed by atoms with Gasteiger partial charge < -0.3 is 25.1 Å². The third-order valence-corrected chi connectivity index (χ3v) is 9.36. The number of nitrogens with zero attached hydrogens (tertiary/aromatic N) is 2. The Morgan fingerprint density at radius 3 is 2.48 bits per heavy atom. The number of amides is 1. The van der Waals surface area contributed by atoms with Gasteiger partial charge in [-0.3, -0.25) is 33.8 Å². The highest BCUT2D eigenvalue weighted by Crippen LogP contribution is 2.51. The molecule has 1 saturated heterocycles. The van der Waals surface area contributed by atoms with Crippen molar-refractivity contribution in [2.24, 2.45) is 29.4 Å². The number of likely N-dealkylation sites (N-methyl/N-ethyl adjacent to an activating group) is 1. The molecule has 2 unspecified atom stereocenters. The van der Waals surface area contributed by atoms with Crippen molar-refractivity contribution in [1.82, 2.24) is 9.80 Å². The largest absolute Gasteiger partial charge is 0.507 e. The van der Waals surface area contributed by atoms with Gasteiger partial charge in [0.1, 0.15) is 17.3 Å². The number of morpholine rings is 1. The fourth-order valence-corrected chi connectivity index (χ4v) is 7.42. The maximum absolute atomic E-state index is 14.0. The van der Waals surface area contributed by atoms with Crippen molar-refractivity contribution < 1.29 is 43.3 Å². The quantitative estimate of drug-likeness (QED) is 0.405. The van der Waals surface area contributed by atoms with Gasteiger partial charge in [-0.05, 0) is 62.7 Å². The van der Waals surface area contributed by atoms with Crippen LogP contribution in [0.5, 0.6) is 5.75 Å². The van der Waals surface area contributed by atoms with Gasteiger partial charge in [0.2, 0.25) is 5.91 Å². The molecule has 3 fully saturated rings. The van der Waals surface area contributed by atoms with Crippen molar-refractivity contribution >= 4 is 29.0 Å². The topological polar surface area (TPSA) is 181 Å². The van der Waals surface area contributed by atoms with E-state index in [2.05, 4.69) is 4.90 Å². The summed E-state index contributed by atoms with van der Waals surface area (Å²) in [5, 5.41) is 22.5. The molecule has 222 valence electrons. The maximum atomic E-state index is 14.0. The fraction of sp³-hybridized carbons (Fsp3) is 0.500. The second kappa shape index (κ2) is 10.2. The molecule has 0 spiro atoms. The smallest absolute Gasteiger partial charge is 0.235 e. The molecule has 1 aromatic carbocycles. The molecule has 2 heterocycles. The standard InChI is InChI=1S/C30H33N3O9/c1-32(2)24-18-12-14-11-17-16(20-6-3-15(42-20)13-33-7-9-41-10-8-33)4-5-19(34)22(17)25(35)21(14)27(37)30(18,40)28(38)23(26(24)36)29(31)39/h3-6,14,18,21,23-24,34,40H,7-13H2,1-2H3,(H2,31,39)/t14-,18-,21?,23?,24-,30-/m1/s1. The number of carbonyl (C=O) groups is 5. The van der Waals surface area contributed by atoms with Crippen LogP contribution >= 0.6 is 0 Å². The Bertz CT molecular complexity index is 1510. The van der Waals surface area contributed by atoms with E-state index >= 15 is 0 Å². The van der Waals surface area contributed by atoms with Crippen LogP contribution in [0.25, 0.3) is 11.3 Å². The number of hydrogen-bond donors (Lipinski definition) is 3. The molecule has 1 amide bonds. The summed E-state index contributed by atoms with van der Waals surface area (Å²) < 4.78 is 11.6. The van der Waals surface area contributed by atoms with Crippen molar-refractivity contribution in [3.63, 3.8) is 0 Å². The van der Waals surface area contributed by atoms with Crippen LogP contribution in [-0.2, 0) is 36.9 Å². The van der Waals surface area contributed by atoms with Crippen molar-refractivity contribution in [3.05, 3.63) is 41.2 Å². The maximum Gasteiger partial charge on any atom is 0.235 e. The van der Waals surface area contributed by atoms with E-state index in [-0.39, 0.29) is 24.2 Å². The molecule has 0 radical (unpaired) electrons. The summed E-state index contributed by atoms with van der Waals surface area (Å²) in [7, 11) is 3.10. The Morgan fingerprint density at radius 2 is 1.81 bits per heavy atom. The minimum atomic E-state index is -2.75. The average molecular weight is 580 g/mol. The molecular weight excluding hydrogens is 546 g/mol. The van der Waals surface area contributed by atoms with Gasteiger partial charge in [-0.1, -0.05) is 0 Å². The number of ether oxygens (including phenoxy) is 1. The molecule has 12 nitrogen and oxygen atoms in total. The van der Waals surface area contributed by atoms with Crippen LogP contribution in [0, 0.1) is 23.7 Å². The van der Waals surface area contributed by atoms with Crippen molar-refractivity contribution in [3.8, 4) is 17.1 Å². The number of phenols is 1. The minimum Gasteiger partial charge on any atom is -0.507 e. The lowest BCUT2D eigenvalue weighted by atomic mass is 9.52. The molecule has 2 aromatic rings. The van der Waals surface area contributed by atoms with Gasteiger partial charge in [0.05, 0.1) is 37.3 Å². The van der Waals surface area contributed by atoms with E-state index in [1.165, 1.54) is 11.0 Å². The lowest BCUT2D eigenvalue weighted by Gasteiger charge is -2.52. The number of nitrogens with two attached hydrogens (primary N) is 1. The zero-order chi connectivity index (χ0) is 30.1. The fourth-order valence-electron chi connectivity index (χ4n) is 7.42. The number of aliphatic hydroxyl groups is 1. The van der Waals surface area contributed by atoms with Crippen LogP contribution in [-0.4, -0.2) is 101 Å². The Morgan fingerprint density at radius 1 is 1.10 bits per heavy atom. The third-order valence-electron chi connectivity index (χ3n) is 9.36. The third kappa shape index (κ3) is 4.16. The van der Waals surface area contributed by atoms with Crippen LogP contribution in [0.1, 0.15) is 28.1 Å². The number of hydrogen-bond acceptors (Lipinski definition) is 11. The second-order valence-electron chi connectivity index (χ2n) is 11.9. The molecular formula is C30H33N3O9. The van der Waals surface area contributed by atoms with Gasteiger partial charge in [0.15, 0.2) is 34.7 Å². The Labute approximate surface area is 241 Å². The van der Waals surface area contributed by atoms with Crippen LogP contribution in [0.3, 0.4) is 0 Å². The predicted octanol–water partition coefficient (Wildman–Crippen LogP) is -0.0408. The van der Waals surface area contributed by atoms with Gasteiger partial charge in [0.25, 0.3) is 0 Å². The molecule has 42 heavy (non-hydrogen) atoms. The van der Waals surface area contributed by atoms with Gasteiger partial charge in [-0.25, -0.2) is 0 Å². The number of phenolic OH excluding ortho intramolecular Hbond substituents is 1. The molecule has 1 aliphatic heterocycles. The van der Waals surface area contributed by atoms with Gasteiger partial charge in [-0.15, -0.1) is 0 Å². The molecule has 4 aliphatic rings. The summed E-state index contributed by atoms with van der Waals surface area (Å²) in [6.45, 7) is 3.44. The molecule has 3 aliphatic carbocycles. The normalized spacial score (nSPS) is 31.6. The minimum absolute atomic E-state index is 0.0145. The van der Waals surface area contributed by atoms with Gasteiger partial charge in [-0.2, -0.15) is 0 Å². The zero-order valence-electron chi connectivity index (χ0n) is 23.4. The number of ketones is 4. The number of carbonyl (C=O) groups excluding carboxylic acids is 5. The Balaban J connectivity index is 1.39. The number of Topliss-reactive ketones (excluding diaryl/α,β-unsaturated/α-hetero) is 4. The average Bonchev–Trinajstić information content (AvgIpc) is 3.39. The molecule has 6 rings (SSSR count). The number of furan rings is 1. The number of primary amides is 1. The molecule has 6 atom stereocenters. The highest BCUT2D eigenvalue weighted by molar-refractivity contribution is 6.32. The Hall–Kier alpha value is -3.71. The monoisotopic (exact) mass is 579 g/mol. The number of aromatic hydroxyl groups is 1. The zero-order valence-corrected chi connectivity index (χ0v) is 23.4. The SMILES string of the molecule is CN(C)[C@H]1C(=O)C(C(N)=O)C(=O)[C@]2(O)C(=O)C3C(=O)c4c(O)ccc(-c5ccc(CN6CCOCC6)o5)c4C[C@@H]3C[C@H]12. The van der Waals surface area contributed by atoms with E-state index in [1.54, 1.807) is 26.2 Å². The number of fused-ring (bicyclic) bond motifs is 3. The summed E-state index contributed by atoms with van der Waals surface area (Å²) in [5.41, 5.74) is 3.64. The van der Waals surface area contributed by atoms with E-state index in [9.17, 15) is 34.2 Å². The number of rotatable bonds is 5. The van der Waals surface area contributed by atoms with Crippen LogP contribution in [0.4, 0.5) is 0 Å². The molecule has 12 heteroatoms. The summed E-state index contributed by atoms with van der Waals surface area (Å²) in [4.78, 5) is 70.4. The van der Waals surface area contributed by atoms with Crippen LogP contribution < -0.4 is 5.73 Å². The summed E-state index contributed by atoms with van der Waals surface area (Å²) >= 11 is 0. The second-order valence-corrected chi connectivity index (χ2v) is 11.9. The first-order valence-electron chi connectivity index (χ1n) is 14.0. The summed E-state index contributed by atoms with van der Waals surface area (Å²) in [5.74, 6) is -9.51. The van der Waals surface area contributed by atoms with Crippen LogP contribution in [0.2, 0.25) is 0 Å². The van der Waals surface area contributed by atoms with Gasteiger partial charge >= 0.3 is 0 Å². The summed E-state index contributed by atoms with van der Waals surface area (Å²) in [6, 6.07) is 5.53. The van der Waals surface area contributed by atoms with E-state index in [0.29, 0.717) is 36.6 Å². The van der Waals surface area contributed by atoms with Crippen molar-refractivity contribution in [2.75, 3.05) is 40.4 Å². The van der Waals surface area contributed by atoms with Crippen LogP contribution in [0.15, 0.2) is 28.7 Å². The molecule has 1 aromatic heterocycles. The Kier molecular flexibility index (Phi) is 6.92. The molecule has 2 saturated carbocycles. The number of benzene rings is 1. The molecule has 4 N–H and O–H groups in total. The highest BCUT2D eigenvalue weighted by Gasteiger charge is 2.69. The molecule has 0 bridgehead atoms. The van der Waals surface area contributed by atoms with E-state index in [4.69, 9.17) is 14.9 Å². The first-order chi connectivity index (χ1) is 19.9. The summed E-state index contributed by atoms with van der Waals surface area (Å²) in [6.07, 6.45) is 0.147. The highest BCUT2D eigenvalue weighted by atomic mass is 16.5. The first-order valence-corrected chi connectivity index (χ1v) is 14.0. The lowest BCUT2D eigenvalue weighted by molar-refractivity contribution is -0.181. The van der Waals surface area contributed by atoms with E-state index in [0.717, 1.165) is 18.8 Å².